The molecule has 2 aromatic rings. The van der Waals surface area contributed by atoms with E-state index < -0.39 is 0 Å². The van der Waals surface area contributed by atoms with Crippen LogP contribution in [-0.4, -0.2) is 70.3 Å². The van der Waals surface area contributed by atoms with Crippen LogP contribution in [0.4, 0.5) is 0 Å². The summed E-state index contributed by atoms with van der Waals surface area (Å²) in [5, 5.41) is 2.79. The number of hydrogen-bond acceptors (Lipinski definition) is 6. The number of carbonyl (C=O) groups is 3. The highest BCUT2D eigenvalue weighted by atomic mass is 32.1. The Balaban J connectivity index is 1.32. The molecule has 3 amide bonds. The maximum atomic E-state index is 12.5. The van der Waals surface area contributed by atoms with E-state index in [9.17, 15) is 14.4 Å². The fourth-order valence-electron chi connectivity index (χ4n) is 3.43. The van der Waals surface area contributed by atoms with Crippen molar-refractivity contribution in [1.82, 2.24) is 19.7 Å². The number of hydrogen-bond donors (Lipinski definition) is 0. The third-order valence-corrected chi connectivity index (χ3v) is 5.88. The number of amides is 3. The second kappa shape index (κ2) is 7.21. The van der Waals surface area contributed by atoms with Crippen LogP contribution in [0.2, 0.25) is 0 Å². The molecule has 3 heterocycles. The summed E-state index contributed by atoms with van der Waals surface area (Å²) in [6.07, 6.45) is 0.330. The van der Waals surface area contributed by atoms with E-state index in [1.807, 2.05) is 22.1 Å². The number of aromatic nitrogens is 1. The van der Waals surface area contributed by atoms with Gasteiger partial charge in [0.2, 0.25) is 5.91 Å². The first-order valence-electron chi connectivity index (χ1n) is 8.89. The van der Waals surface area contributed by atoms with Crippen molar-refractivity contribution in [3.05, 3.63) is 51.5 Å². The highest BCUT2D eigenvalue weighted by Crippen LogP contribution is 2.23. The highest BCUT2D eigenvalue weighted by molar-refractivity contribution is 7.09. The number of fused-ring (bicyclic) bond motifs is 1. The number of piperazine rings is 1. The second-order valence-corrected chi connectivity index (χ2v) is 7.73. The van der Waals surface area contributed by atoms with Crippen molar-refractivity contribution < 1.29 is 14.4 Å². The minimum atomic E-state index is -0.242. The number of imide groups is 1. The van der Waals surface area contributed by atoms with Gasteiger partial charge >= 0.3 is 0 Å². The van der Waals surface area contributed by atoms with Crippen molar-refractivity contribution in [3.8, 4) is 0 Å². The van der Waals surface area contributed by atoms with Gasteiger partial charge in [0, 0.05) is 37.3 Å². The van der Waals surface area contributed by atoms with Gasteiger partial charge in [-0.2, -0.15) is 0 Å². The zero-order chi connectivity index (χ0) is 19.0. The molecule has 7 nitrogen and oxygen atoms in total. The largest absolute Gasteiger partial charge is 0.340 e. The molecule has 8 heteroatoms. The van der Waals surface area contributed by atoms with Gasteiger partial charge in [-0.15, -0.1) is 11.3 Å². The quantitative estimate of drug-likeness (QED) is 0.745. The zero-order valence-electron chi connectivity index (χ0n) is 15.1. The molecule has 0 atom stereocenters. The lowest BCUT2D eigenvalue weighted by Crippen LogP contribution is -2.52. The molecule has 2 aliphatic heterocycles. The molecule has 0 bridgehead atoms. The predicted octanol–water partition coefficient (Wildman–Crippen LogP) is 1.39. The molecule has 0 saturated carbocycles. The molecule has 0 unspecified atom stereocenters. The molecule has 140 valence electrons. The summed E-state index contributed by atoms with van der Waals surface area (Å²) in [5.41, 5.74) is 1.87. The topological polar surface area (TPSA) is 73.8 Å². The van der Waals surface area contributed by atoms with E-state index in [1.165, 1.54) is 16.2 Å². The second-order valence-electron chi connectivity index (χ2n) is 6.78. The van der Waals surface area contributed by atoms with Crippen molar-refractivity contribution >= 4 is 29.1 Å². The van der Waals surface area contributed by atoms with Crippen LogP contribution in [0.25, 0.3) is 0 Å². The Morgan fingerprint density at radius 1 is 1.07 bits per heavy atom. The molecule has 27 heavy (non-hydrogen) atoms. The third-order valence-electron chi connectivity index (χ3n) is 4.91. The van der Waals surface area contributed by atoms with E-state index in [-0.39, 0.29) is 24.4 Å². The minimum Gasteiger partial charge on any atom is -0.340 e. The lowest BCUT2D eigenvalue weighted by atomic mass is 10.1. The Morgan fingerprint density at radius 3 is 2.26 bits per heavy atom. The predicted molar refractivity (Wildman–Crippen MR) is 101 cm³/mol. The van der Waals surface area contributed by atoms with Crippen LogP contribution in [0.5, 0.6) is 0 Å². The molecular weight excluding hydrogens is 364 g/mol. The molecule has 0 spiro atoms. The molecule has 1 saturated heterocycles. The fourth-order valence-corrected chi connectivity index (χ4v) is 4.19. The van der Waals surface area contributed by atoms with Crippen LogP contribution in [0.3, 0.4) is 0 Å². The van der Waals surface area contributed by atoms with Gasteiger partial charge in [-0.05, 0) is 19.1 Å². The van der Waals surface area contributed by atoms with Gasteiger partial charge in [-0.1, -0.05) is 12.1 Å². The Bertz CT molecular complexity index is 867. The molecule has 1 fully saturated rings. The highest BCUT2D eigenvalue weighted by Gasteiger charge is 2.36. The van der Waals surface area contributed by atoms with Gasteiger partial charge in [0.1, 0.15) is 5.01 Å². The summed E-state index contributed by atoms with van der Waals surface area (Å²) in [7, 11) is 0. The molecule has 0 aliphatic carbocycles. The van der Waals surface area contributed by atoms with Gasteiger partial charge in [0.15, 0.2) is 0 Å². The van der Waals surface area contributed by atoms with Crippen molar-refractivity contribution in [2.75, 3.05) is 32.8 Å². The van der Waals surface area contributed by atoms with Gasteiger partial charge in [0.05, 0.1) is 24.2 Å². The van der Waals surface area contributed by atoms with Crippen LogP contribution in [0.15, 0.2) is 29.6 Å². The maximum absolute atomic E-state index is 12.5. The third kappa shape index (κ3) is 3.50. The minimum absolute atomic E-state index is 0.0738. The first kappa shape index (κ1) is 17.8. The Morgan fingerprint density at radius 2 is 1.70 bits per heavy atom. The molecular formula is C19H20N4O3S. The molecule has 4 rings (SSSR count). The first-order valence-corrected chi connectivity index (χ1v) is 9.77. The van der Waals surface area contributed by atoms with Crippen LogP contribution < -0.4 is 0 Å². The Labute approximate surface area is 161 Å². The number of benzene rings is 1. The van der Waals surface area contributed by atoms with Gasteiger partial charge in [-0.3, -0.25) is 24.2 Å². The Kier molecular flexibility index (Phi) is 4.75. The lowest BCUT2D eigenvalue weighted by molar-refractivity contribution is -0.132. The number of aryl methyl sites for hydroxylation is 1. The van der Waals surface area contributed by atoms with E-state index in [2.05, 4.69) is 4.98 Å². The first-order chi connectivity index (χ1) is 13.0. The number of thiazole rings is 1. The van der Waals surface area contributed by atoms with Crippen LogP contribution in [0.1, 0.15) is 31.4 Å². The summed E-state index contributed by atoms with van der Waals surface area (Å²) in [6, 6.07) is 6.91. The van der Waals surface area contributed by atoms with Gasteiger partial charge < -0.3 is 4.90 Å². The summed E-state index contributed by atoms with van der Waals surface area (Å²) in [6.45, 7) is 4.63. The SMILES string of the molecule is Cc1csc(CC(=O)N2CCN(CN3C(=O)c4ccccc4C3=O)CC2)n1. The zero-order valence-corrected chi connectivity index (χ0v) is 15.9. The smallest absolute Gasteiger partial charge is 0.262 e. The van der Waals surface area contributed by atoms with Crippen LogP contribution in [-0.2, 0) is 11.2 Å². The molecule has 0 N–H and O–H groups in total. The van der Waals surface area contributed by atoms with Crippen molar-refractivity contribution in [2.24, 2.45) is 0 Å². The summed E-state index contributed by atoms with van der Waals surface area (Å²) >= 11 is 1.51. The normalized spacial score (nSPS) is 17.5. The summed E-state index contributed by atoms with van der Waals surface area (Å²) in [5.74, 6) is -0.411. The van der Waals surface area contributed by atoms with E-state index in [0.717, 1.165) is 10.7 Å². The number of nitrogens with zero attached hydrogens (tertiary/aromatic N) is 4. The standard InChI is InChI=1S/C19H20N4O3S/c1-13-11-27-16(20-13)10-17(24)22-8-6-21(7-9-22)12-23-18(25)14-4-2-3-5-15(14)19(23)26/h2-5,11H,6-10,12H2,1H3. The van der Waals surface area contributed by atoms with Gasteiger partial charge in [-0.25, -0.2) is 4.98 Å². The average molecular weight is 384 g/mol. The van der Waals surface area contributed by atoms with E-state index >= 15 is 0 Å². The molecule has 1 aromatic carbocycles. The molecule has 2 aliphatic rings. The van der Waals surface area contributed by atoms with Crippen LogP contribution >= 0.6 is 11.3 Å². The van der Waals surface area contributed by atoms with Crippen molar-refractivity contribution in [1.29, 1.82) is 0 Å². The molecule has 1 aromatic heterocycles. The number of rotatable bonds is 4. The summed E-state index contributed by atoms with van der Waals surface area (Å²) < 4.78 is 0. The van der Waals surface area contributed by atoms with Gasteiger partial charge in [0.25, 0.3) is 11.8 Å². The molecule has 0 radical (unpaired) electrons. The lowest BCUT2D eigenvalue weighted by Gasteiger charge is -2.36. The van der Waals surface area contributed by atoms with Crippen LogP contribution in [0, 0.1) is 6.92 Å². The van der Waals surface area contributed by atoms with E-state index in [1.54, 1.807) is 24.3 Å². The van der Waals surface area contributed by atoms with E-state index in [0.29, 0.717) is 43.7 Å². The maximum Gasteiger partial charge on any atom is 0.262 e. The summed E-state index contributed by atoms with van der Waals surface area (Å²) in [4.78, 5) is 46.9. The monoisotopic (exact) mass is 384 g/mol. The average Bonchev–Trinajstić information content (AvgIpc) is 3.19. The Hall–Kier alpha value is -2.58. The number of carbonyl (C=O) groups excluding carboxylic acids is 3. The van der Waals surface area contributed by atoms with Crippen molar-refractivity contribution in [3.63, 3.8) is 0 Å². The van der Waals surface area contributed by atoms with Crippen molar-refractivity contribution in [2.45, 2.75) is 13.3 Å². The fraction of sp³-hybridized carbons (Fsp3) is 0.368. The van der Waals surface area contributed by atoms with E-state index in [4.69, 9.17) is 0 Å².